The number of carbonyl (C=O) groups is 1. The Morgan fingerprint density at radius 3 is 2.18 bits per heavy atom. The zero-order valence-electron chi connectivity index (χ0n) is 15.7. The van der Waals surface area contributed by atoms with Gasteiger partial charge in [-0.25, -0.2) is 0 Å². The third kappa shape index (κ3) is 4.92. The van der Waals surface area contributed by atoms with Crippen molar-refractivity contribution in [3.8, 4) is 23.0 Å². The van der Waals surface area contributed by atoms with Crippen molar-refractivity contribution >= 4 is 11.5 Å². The maximum atomic E-state index is 12.3. The quantitative estimate of drug-likeness (QED) is 0.427. The number of benzene rings is 3. The molecule has 0 saturated carbocycles. The fourth-order valence-corrected chi connectivity index (χ4v) is 2.54. The lowest BCUT2D eigenvalue weighted by molar-refractivity contribution is 0.104. The number of para-hydroxylation sites is 1. The van der Waals surface area contributed by atoms with Crippen LogP contribution in [0, 0.1) is 0 Å². The molecule has 0 aliphatic carbocycles. The van der Waals surface area contributed by atoms with E-state index in [0.29, 0.717) is 17.1 Å². The average Bonchev–Trinajstić information content (AvgIpc) is 2.75. The minimum Gasteiger partial charge on any atom is -0.493 e. The molecule has 0 aliphatic rings. The summed E-state index contributed by atoms with van der Waals surface area (Å²) in [5.74, 6) is 2.48. The van der Waals surface area contributed by atoms with E-state index in [1.54, 1.807) is 31.5 Å². The molecule has 1 N–H and O–H groups in total. The first kappa shape index (κ1) is 19.0. The average molecular weight is 375 g/mol. The Hall–Kier alpha value is -3.73. The Kier molecular flexibility index (Phi) is 6.31. The van der Waals surface area contributed by atoms with Gasteiger partial charge in [0.05, 0.1) is 14.2 Å². The Balaban J connectivity index is 1.59. The van der Waals surface area contributed by atoms with Gasteiger partial charge in [0.1, 0.15) is 11.5 Å². The van der Waals surface area contributed by atoms with Gasteiger partial charge in [-0.05, 0) is 54.6 Å². The Morgan fingerprint density at radius 1 is 0.821 bits per heavy atom. The lowest BCUT2D eigenvalue weighted by Crippen LogP contribution is -1.98. The first-order valence-electron chi connectivity index (χ1n) is 8.72. The van der Waals surface area contributed by atoms with Gasteiger partial charge in [0.25, 0.3) is 0 Å². The van der Waals surface area contributed by atoms with E-state index in [2.05, 4.69) is 5.32 Å². The number of anilines is 1. The van der Waals surface area contributed by atoms with E-state index >= 15 is 0 Å². The van der Waals surface area contributed by atoms with Gasteiger partial charge in [-0.1, -0.05) is 18.2 Å². The van der Waals surface area contributed by atoms with Crippen LogP contribution >= 0.6 is 0 Å². The standard InChI is InChI=1S/C23H21NO4/c1-26-22-13-8-17(16-23(22)27-2)21(25)14-15-24-18-9-11-20(12-10-18)28-19-6-4-3-5-7-19/h3-16,24H,1-2H3. The normalized spacial score (nSPS) is 10.5. The van der Waals surface area contributed by atoms with Gasteiger partial charge in [-0.3, -0.25) is 4.79 Å². The smallest absolute Gasteiger partial charge is 0.187 e. The number of allylic oxidation sites excluding steroid dienone is 1. The molecule has 0 spiro atoms. The van der Waals surface area contributed by atoms with E-state index in [1.165, 1.54) is 13.2 Å². The van der Waals surface area contributed by atoms with Gasteiger partial charge >= 0.3 is 0 Å². The molecule has 0 radical (unpaired) electrons. The van der Waals surface area contributed by atoms with E-state index in [0.717, 1.165) is 17.2 Å². The summed E-state index contributed by atoms with van der Waals surface area (Å²) in [6, 6.07) is 22.1. The third-order valence-corrected chi connectivity index (χ3v) is 3.99. The lowest BCUT2D eigenvalue weighted by Gasteiger charge is -2.08. The molecular formula is C23H21NO4. The number of ether oxygens (including phenoxy) is 3. The molecule has 0 unspecified atom stereocenters. The molecule has 3 aromatic rings. The molecule has 5 nitrogen and oxygen atoms in total. The van der Waals surface area contributed by atoms with E-state index in [-0.39, 0.29) is 5.78 Å². The van der Waals surface area contributed by atoms with Crippen LogP contribution in [0.1, 0.15) is 10.4 Å². The van der Waals surface area contributed by atoms with Crippen LogP contribution in [0.4, 0.5) is 5.69 Å². The monoisotopic (exact) mass is 375 g/mol. The molecule has 142 valence electrons. The van der Waals surface area contributed by atoms with Crippen molar-refractivity contribution in [2.45, 2.75) is 0 Å². The van der Waals surface area contributed by atoms with Crippen LogP contribution in [0.3, 0.4) is 0 Å². The molecule has 3 aromatic carbocycles. The topological polar surface area (TPSA) is 56.8 Å². The van der Waals surface area contributed by atoms with Crippen molar-refractivity contribution in [1.29, 1.82) is 0 Å². The SMILES string of the molecule is COc1ccc(C(=O)C=CNc2ccc(Oc3ccccc3)cc2)cc1OC. The maximum Gasteiger partial charge on any atom is 0.187 e. The largest absolute Gasteiger partial charge is 0.493 e. The summed E-state index contributed by atoms with van der Waals surface area (Å²) in [7, 11) is 3.09. The van der Waals surface area contributed by atoms with Gasteiger partial charge in [-0.2, -0.15) is 0 Å². The number of methoxy groups -OCH3 is 2. The number of carbonyl (C=O) groups excluding carboxylic acids is 1. The lowest BCUT2D eigenvalue weighted by atomic mass is 10.1. The highest BCUT2D eigenvalue weighted by Gasteiger charge is 2.08. The number of ketones is 1. The number of rotatable bonds is 8. The molecule has 0 amide bonds. The number of hydrogen-bond acceptors (Lipinski definition) is 5. The highest BCUT2D eigenvalue weighted by Crippen LogP contribution is 2.28. The first-order chi connectivity index (χ1) is 13.7. The molecule has 28 heavy (non-hydrogen) atoms. The zero-order chi connectivity index (χ0) is 19.8. The van der Waals surface area contributed by atoms with Crippen LogP contribution in [-0.2, 0) is 0 Å². The minimum atomic E-state index is -0.141. The Morgan fingerprint density at radius 2 is 1.50 bits per heavy atom. The van der Waals surface area contributed by atoms with Crippen molar-refractivity contribution < 1.29 is 19.0 Å². The van der Waals surface area contributed by atoms with Gasteiger partial charge in [0.2, 0.25) is 0 Å². The van der Waals surface area contributed by atoms with Crippen LogP contribution in [0.5, 0.6) is 23.0 Å². The van der Waals surface area contributed by atoms with Crippen molar-refractivity contribution in [1.82, 2.24) is 0 Å². The van der Waals surface area contributed by atoms with Gasteiger partial charge < -0.3 is 19.5 Å². The van der Waals surface area contributed by atoms with Crippen LogP contribution in [0.25, 0.3) is 0 Å². The van der Waals surface area contributed by atoms with Crippen molar-refractivity contribution in [2.24, 2.45) is 0 Å². The van der Waals surface area contributed by atoms with E-state index in [9.17, 15) is 4.79 Å². The Bertz CT molecular complexity index is 950. The minimum absolute atomic E-state index is 0.141. The Labute approximate surface area is 164 Å². The molecular weight excluding hydrogens is 354 g/mol. The summed E-state index contributed by atoms with van der Waals surface area (Å²) in [5.41, 5.74) is 1.36. The molecule has 0 aromatic heterocycles. The van der Waals surface area contributed by atoms with Crippen LogP contribution in [-0.4, -0.2) is 20.0 Å². The molecule has 0 bridgehead atoms. The molecule has 0 atom stereocenters. The molecule has 3 rings (SSSR count). The van der Waals surface area contributed by atoms with E-state index in [4.69, 9.17) is 14.2 Å². The summed E-state index contributed by atoms with van der Waals surface area (Å²) in [6.07, 6.45) is 3.07. The van der Waals surface area contributed by atoms with E-state index < -0.39 is 0 Å². The summed E-state index contributed by atoms with van der Waals surface area (Å²) < 4.78 is 16.2. The second-order valence-electron chi connectivity index (χ2n) is 5.85. The first-order valence-corrected chi connectivity index (χ1v) is 8.72. The predicted molar refractivity (Wildman–Crippen MR) is 110 cm³/mol. The third-order valence-electron chi connectivity index (χ3n) is 3.99. The van der Waals surface area contributed by atoms with Crippen LogP contribution in [0.15, 0.2) is 85.1 Å². The second-order valence-corrected chi connectivity index (χ2v) is 5.85. The number of nitrogens with one attached hydrogen (secondary N) is 1. The summed E-state index contributed by atoms with van der Waals surface area (Å²) in [4.78, 5) is 12.3. The van der Waals surface area contributed by atoms with Crippen molar-refractivity contribution in [3.05, 3.63) is 90.6 Å². The summed E-state index contributed by atoms with van der Waals surface area (Å²) >= 11 is 0. The molecule has 0 saturated heterocycles. The summed E-state index contributed by atoms with van der Waals surface area (Å²) in [6.45, 7) is 0. The van der Waals surface area contributed by atoms with Crippen LogP contribution < -0.4 is 19.5 Å². The fourth-order valence-electron chi connectivity index (χ4n) is 2.54. The highest BCUT2D eigenvalue weighted by atomic mass is 16.5. The van der Waals surface area contributed by atoms with Gasteiger partial charge in [0.15, 0.2) is 17.3 Å². The van der Waals surface area contributed by atoms with Crippen LogP contribution in [0.2, 0.25) is 0 Å². The fraction of sp³-hybridized carbons (Fsp3) is 0.0870. The highest BCUT2D eigenvalue weighted by molar-refractivity contribution is 6.05. The van der Waals surface area contributed by atoms with Crippen molar-refractivity contribution in [2.75, 3.05) is 19.5 Å². The predicted octanol–water partition coefficient (Wildman–Crippen LogP) is 5.30. The van der Waals surface area contributed by atoms with Crippen molar-refractivity contribution in [3.63, 3.8) is 0 Å². The summed E-state index contributed by atoms with van der Waals surface area (Å²) in [5, 5.41) is 3.07. The molecule has 0 heterocycles. The molecule has 0 fully saturated rings. The van der Waals surface area contributed by atoms with Gasteiger partial charge in [-0.15, -0.1) is 0 Å². The number of hydrogen-bond donors (Lipinski definition) is 1. The zero-order valence-corrected chi connectivity index (χ0v) is 15.7. The molecule has 5 heteroatoms. The molecule has 0 aliphatic heterocycles. The van der Waals surface area contributed by atoms with Gasteiger partial charge in [0, 0.05) is 23.5 Å². The second kappa shape index (κ2) is 9.28. The maximum absolute atomic E-state index is 12.3. The van der Waals surface area contributed by atoms with E-state index in [1.807, 2.05) is 54.6 Å².